The Morgan fingerprint density at radius 3 is 2.68 bits per heavy atom. The van der Waals surface area contributed by atoms with Gasteiger partial charge in [-0.2, -0.15) is 0 Å². The number of anilines is 1. The Hall–Kier alpha value is -2.10. The van der Waals surface area contributed by atoms with Crippen LogP contribution in [-0.2, 0) is 4.79 Å². The maximum Gasteiger partial charge on any atom is 0.306 e. The number of aliphatic carboxylic acids is 1. The van der Waals surface area contributed by atoms with E-state index in [0.29, 0.717) is 12.8 Å². The zero-order valence-corrected chi connectivity index (χ0v) is 10.6. The highest BCUT2D eigenvalue weighted by molar-refractivity contribution is 5.93. The monoisotopic (exact) mass is 256 g/mol. The third-order valence-electron chi connectivity index (χ3n) is 3.83. The second-order valence-electron chi connectivity index (χ2n) is 4.98. The summed E-state index contributed by atoms with van der Waals surface area (Å²) in [5.41, 5.74) is 1.11. The molecule has 0 atom stereocenters. The number of fused-ring (bicyclic) bond motifs is 1. The summed E-state index contributed by atoms with van der Waals surface area (Å²) in [6.45, 7) is 1.57. The van der Waals surface area contributed by atoms with Crippen LogP contribution in [0.25, 0.3) is 10.8 Å². The zero-order chi connectivity index (χ0) is 13.2. The molecule has 2 aromatic rings. The molecule has 0 spiro atoms. The van der Waals surface area contributed by atoms with E-state index in [9.17, 15) is 4.79 Å². The number of hydrogen-bond donors (Lipinski definition) is 1. The Morgan fingerprint density at radius 1 is 1.21 bits per heavy atom. The Labute approximate surface area is 111 Å². The molecule has 1 aromatic heterocycles. The SMILES string of the molecule is O=C(O)C1CCN(c2cncc3ccccc23)CC1. The van der Waals surface area contributed by atoms with Crippen molar-refractivity contribution >= 4 is 22.4 Å². The number of nitrogens with zero attached hydrogens (tertiary/aromatic N) is 2. The lowest BCUT2D eigenvalue weighted by Crippen LogP contribution is -2.36. The highest BCUT2D eigenvalue weighted by atomic mass is 16.4. The molecule has 4 nitrogen and oxygen atoms in total. The van der Waals surface area contributed by atoms with Gasteiger partial charge in [-0.25, -0.2) is 0 Å². The molecule has 0 bridgehead atoms. The molecule has 1 N–H and O–H groups in total. The van der Waals surface area contributed by atoms with Crippen molar-refractivity contribution in [1.82, 2.24) is 4.98 Å². The van der Waals surface area contributed by atoms with E-state index in [1.807, 2.05) is 24.5 Å². The number of aromatic nitrogens is 1. The maximum absolute atomic E-state index is 11.0. The van der Waals surface area contributed by atoms with Gasteiger partial charge in [0.25, 0.3) is 0 Å². The van der Waals surface area contributed by atoms with E-state index in [4.69, 9.17) is 5.11 Å². The van der Waals surface area contributed by atoms with Crippen LogP contribution in [0.2, 0.25) is 0 Å². The summed E-state index contributed by atoms with van der Waals surface area (Å²) in [4.78, 5) is 17.5. The van der Waals surface area contributed by atoms with Crippen molar-refractivity contribution in [3.63, 3.8) is 0 Å². The molecule has 1 fully saturated rings. The summed E-state index contributed by atoms with van der Waals surface area (Å²) in [6.07, 6.45) is 5.16. The summed E-state index contributed by atoms with van der Waals surface area (Å²) in [7, 11) is 0. The standard InChI is InChI=1S/C15H16N2O2/c18-15(19)11-5-7-17(8-6-11)14-10-16-9-12-3-1-2-4-13(12)14/h1-4,9-11H,5-8H2,(H,18,19). The first-order valence-electron chi connectivity index (χ1n) is 6.56. The van der Waals surface area contributed by atoms with E-state index in [1.165, 1.54) is 5.39 Å². The molecule has 1 saturated heterocycles. The normalized spacial score (nSPS) is 16.7. The topological polar surface area (TPSA) is 53.4 Å². The summed E-state index contributed by atoms with van der Waals surface area (Å²) >= 11 is 0. The number of pyridine rings is 1. The van der Waals surface area contributed by atoms with Gasteiger partial charge in [0.05, 0.1) is 17.8 Å². The summed E-state index contributed by atoms with van der Waals surface area (Å²) < 4.78 is 0. The molecule has 0 unspecified atom stereocenters. The zero-order valence-electron chi connectivity index (χ0n) is 10.6. The minimum absolute atomic E-state index is 0.195. The van der Waals surface area contributed by atoms with Gasteiger partial charge in [-0.1, -0.05) is 24.3 Å². The van der Waals surface area contributed by atoms with Crippen LogP contribution in [0.5, 0.6) is 0 Å². The number of carboxylic acid groups (broad SMARTS) is 1. The molecule has 0 aliphatic carbocycles. The number of carboxylic acids is 1. The predicted molar refractivity (Wildman–Crippen MR) is 74.3 cm³/mol. The van der Waals surface area contributed by atoms with E-state index in [-0.39, 0.29) is 5.92 Å². The lowest BCUT2D eigenvalue weighted by atomic mass is 9.96. The first-order valence-corrected chi connectivity index (χ1v) is 6.56. The van der Waals surface area contributed by atoms with Gasteiger partial charge in [0, 0.05) is 30.1 Å². The summed E-state index contributed by atoms with van der Waals surface area (Å²) in [6, 6.07) is 8.17. The molecule has 0 saturated carbocycles. The predicted octanol–water partition coefficient (Wildman–Crippen LogP) is 2.54. The van der Waals surface area contributed by atoms with E-state index >= 15 is 0 Å². The van der Waals surface area contributed by atoms with E-state index in [2.05, 4.69) is 22.0 Å². The Bertz CT molecular complexity index is 599. The molecular formula is C15H16N2O2. The second-order valence-corrected chi connectivity index (χ2v) is 4.98. The van der Waals surface area contributed by atoms with Crippen molar-refractivity contribution in [2.24, 2.45) is 5.92 Å². The third-order valence-corrected chi connectivity index (χ3v) is 3.83. The average molecular weight is 256 g/mol. The van der Waals surface area contributed by atoms with Gasteiger partial charge >= 0.3 is 5.97 Å². The smallest absolute Gasteiger partial charge is 0.306 e. The van der Waals surface area contributed by atoms with Crippen LogP contribution in [0.1, 0.15) is 12.8 Å². The number of piperidine rings is 1. The van der Waals surface area contributed by atoms with Gasteiger partial charge in [-0.05, 0) is 12.8 Å². The van der Waals surface area contributed by atoms with E-state index in [0.717, 1.165) is 24.2 Å². The van der Waals surface area contributed by atoms with Gasteiger partial charge in [0.1, 0.15) is 0 Å². The largest absolute Gasteiger partial charge is 0.481 e. The highest BCUT2D eigenvalue weighted by Gasteiger charge is 2.25. The average Bonchev–Trinajstić information content (AvgIpc) is 2.47. The number of carbonyl (C=O) groups is 1. The molecule has 0 amide bonds. The molecule has 19 heavy (non-hydrogen) atoms. The molecule has 1 aromatic carbocycles. The van der Waals surface area contributed by atoms with Crippen molar-refractivity contribution in [2.75, 3.05) is 18.0 Å². The van der Waals surface area contributed by atoms with Crippen molar-refractivity contribution in [2.45, 2.75) is 12.8 Å². The van der Waals surface area contributed by atoms with Crippen molar-refractivity contribution in [1.29, 1.82) is 0 Å². The summed E-state index contributed by atoms with van der Waals surface area (Å²) in [5.74, 6) is -0.866. The van der Waals surface area contributed by atoms with Gasteiger partial charge < -0.3 is 10.0 Å². The van der Waals surface area contributed by atoms with Crippen LogP contribution in [-0.4, -0.2) is 29.1 Å². The quantitative estimate of drug-likeness (QED) is 0.897. The van der Waals surface area contributed by atoms with E-state index in [1.54, 1.807) is 0 Å². The fourth-order valence-corrected chi connectivity index (χ4v) is 2.72. The molecule has 2 heterocycles. The second kappa shape index (κ2) is 4.88. The first kappa shape index (κ1) is 12.0. The number of hydrogen-bond acceptors (Lipinski definition) is 3. The Kier molecular flexibility index (Phi) is 3.07. The van der Waals surface area contributed by atoms with Crippen LogP contribution in [0.4, 0.5) is 5.69 Å². The van der Waals surface area contributed by atoms with Gasteiger partial charge in [-0.15, -0.1) is 0 Å². The Morgan fingerprint density at radius 2 is 1.95 bits per heavy atom. The van der Waals surface area contributed by atoms with Crippen LogP contribution in [0, 0.1) is 5.92 Å². The van der Waals surface area contributed by atoms with Crippen LogP contribution in [0.15, 0.2) is 36.7 Å². The summed E-state index contributed by atoms with van der Waals surface area (Å²) in [5, 5.41) is 11.3. The third kappa shape index (κ3) is 2.26. The lowest BCUT2D eigenvalue weighted by molar-refractivity contribution is -0.142. The fourth-order valence-electron chi connectivity index (χ4n) is 2.72. The van der Waals surface area contributed by atoms with Gasteiger partial charge in [0.2, 0.25) is 0 Å². The number of rotatable bonds is 2. The molecule has 1 aliphatic heterocycles. The van der Waals surface area contributed by atoms with E-state index < -0.39 is 5.97 Å². The van der Waals surface area contributed by atoms with Gasteiger partial charge in [0.15, 0.2) is 0 Å². The van der Waals surface area contributed by atoms with Crippen LogP contribution < -0.4 is 4.90 Å². The lowest BCUT2D eigenvalue weighted by Gasteiger charge is -2.32. The fraction of sp³-hybridized carbons (Fsp3) is 0.333. The van der Waals surface area contributed by atoms with Crippen molar-refractivity contribution in [3.8, 4) is 0 Å². The number of benzene rings is 1. The minimum Gasteiger partial charge on any atom is -0.481 e. The van der Waals surface area contributed by atoms with Crippen molar-refractivity contribution in [3.05, 3.63) is 36.7 Å². The van der Waals surface area contributed by atoms with Crippen molar-refractivity contribution < 1.29 is 9.90 Å². The first-order chi connectivity index (χ1) is 9.25. The van der Waals surface area contributed by atoms with Crippen LogP contribution >= 0.6 is 0 Å². The molecular weight excluding hydrogens is 240 g/mol. The van der Waals surface area contributed by atoms with Gasteiger partial charge in [-0.3, -0.25) is 9.78 Å². The molecule has 4 heteroatoms. The van der Waals surface area contributed by atoms with Crippen LogP contribution in [0.3, 0.4) is 0 Å². The highest BCUT2D eigenvalue weighted by Crippen LogP contribution is 2.29. The minimum atomic E-state index is -0.671. The molecule has 0 radical (unpaired) electrons. The molecule has 1 aliphatic rings. The Balaban J connectivity index is 1.88. The molecule has 3 rings (SSSR count). The molecule has 98 valence electrons. The maximum atomic E-state index is 11.0.